The SMILES string of the molecule is CCc1nn(C)c(CC(CNC)C2CCCC2)c1Cl. The molecular weight excluding hydrogens is 258 g/mol. The lowest BCUT2D eigenvalue weighted by atomic mass is 9.87. The van der Waals surface area contributed by atoms with Crippen LogP contribution >= 0.6 is 11.6 Å². The summed E-state index contributed by atoms with van der Waals surface area (Å²) in [7, 11) is 4.07. The van der Waals surface area contributed by atoms with E-state index < -0.39 is 0 Å². The van der Waals surface area contributed by atoms with Crippen LogP contribution in [0.5, 0.6) is 0 Å². The maximum Gasteiger partial charge on any atom is 0.0849 e. The maximum atomic E-state index is 6.48. The van der Waals surface area contributed by atoms with Gasteiger partial charge in [-0.05, 0) is 38.3 Å². The Morgan fingerprint density at radius 3 is 2.63 bits per heavy atom. The highest BCUT2D eigenvalue weighted by atomic mass is 35.5. The first-order valence-corrected chi connectivity index (χ1v) is 7.90. The third kappa shape index (κ3) is 3.32. The lowest BCUT2D eigenvalue weighted by Gasteiger charge is -2.23. The summed E-state index contributed by atoms with van der Waals surface area (Å²) < 4.78 is 1.98. The topological polar surface area (TPSA) is 29.9 Å². The van der Waals surface area contributed by atoms with Crippen LogP contribution in [0.1, 0.15) is 44.0 Å². The van der Waals surface area contributed by atoms with Crippen molar-refractivity contribution in [1.82, 2.24) is 15.1 Å². The molecule has 1 fully saturated rings. The first-order chi connectivity index (χ1) is 9.17. The molecule has 108 valence electrons. The van der Waals surface area contributed by atoms with E-state index in [1.54, 1.807) is 0 Å². The molecule has 1 heterocycles. The van der Waals surface area contributed by atoms with Crippen LogP contribution in [0.25, 0.3) is 0 Å². The minimum absolute atomic E-state index is 0.685. The van der Waals surface area contributed by atoms with Gasteiger partial charge in [-0.2, -0.15) is 5.10 Å². The van der Waals surface area contributed by atoms with Crippen molar-refractivity contribution in [2.24, 2.45) is 18.9 Å². The Hall–Kier alpha value is -0.540. The second-order valence-electron chi connectivity index (χ2n) is 5.75. The number of aryl methyl sites for hydroxylation is 2. The zero-order chi connectivity index (χ0) is 13.8. The summed E-state index contributed by atoms with van der Waals surface area (Å²) in [5.41, 5.74) is 2.25. The molecule has 1 aromatic rings. The van der Waals surface area contributed by atoms with E-state index in [-0.39, 0.29) is 0 Å². The summed E-state index contributed by atoms with van der Waals surface area (Å²) in [5, 5.41) is 8.78. The lowest BCUT2D eigenvalue weighted by Crippen LogP contribution is -2.27. The number of rotatable bonds is 6. The Labute approximate surface area is 121 Å². The van der Waals surface area contributed by atoms with Crippen LogP contribution in [0.15, 0.2) is 0 Å². The van der Waals surface area contributed by atoms with Crippen molar-refractivity contribution in [2.45, 2.75) is 45.4 Å². The van der Waals surface area contributed by atoms with Crippen LogP contribution in [-0.2, 0) is 19.9 Å². The third-order valence-electron chi connectivity index (χ3n) is 4.49. The largest absolute Gasteiger partial charge is 0.319 e. The van der Waals surface area contributed by atoms with E-state index in [2.05, 4.69) is 17.3 Å². The van der Waals surface area contributed by atoms with Gasteiger partial charge in [0.15, 0.2) is 0 Å². The standard InChI is InChI=1S/C15H26ClN3/c1-4-13-15(16)14(19(3)18-13)9-12(10-17-2)11-7-5-6-8-11/h11-12,17H,4-10H2,1-3H3. The molecule has 2 rings (SSSR count). The van der Waals surface area contributed by atoms with Gasteiger partial charge in [0.05, 0.1) is 16.4 Å². The molecule has 0 aliphatic heterocycles. The number of aromatic nitrogens is 2. The molecule has 0 aromatic carbocycles. The van der Waals surface area contributed by atoms with Crippen LogP contribution in [0.4, 0.5) is 0 Å². The van der Waals surface area contributed by atoms with E-state index >= 15 is 0 Å². The monoisotopic (exact) mass is 283 g/mol. The molecule has 1 unspecified atom stereocenters. The second kappa shape index (κ2) is 6.76. The van der Waals surface area contributed by atoms with Gasteiger partial charge in [-0.1, -0.05) is 44.2 Å². The van der Waals surface area contributed by atoms with E-state index in [1.807, 2.05) is 18.8 Å². The molecule has 1 N–H and O–H groups in total. The molecule has 4 heteroatoms. The molecule has 1 aromatic heterocycles. The van der Waals surface area contributed by atoms with Crippen molar-refractivity contribution in [3.05, 3.63) is 16.4 Å². The number of hydrogen-bond acceptors (Lipinski definition) is 2. The van der Waals surface area contributed by atoms with Gasteiger partial charge in [0.25, 0.3) is 0 Å². The predicted molar refractivity (Wildman–Crippen MR) is 80.7 cm³/mol. The summed E-state index contributed by atoms with van der Waals surface area (Å²) in [4.78, 5) is 0. The minimum Gasteiger partial charge on any atom is -0.319 e. The summed E-state index contributed by atoms with van der Waals surface area (Å²) in [6, 6.07) is 0. The van der Waals surface area contributed by atoms with E-state index in [9.17, 15) is 0 Å². The second-order valence-corrected chi connectivity index (χ2v) is 6.13. The third-order valence-corrected chi connectivity index (χ3v) is 4.93. The van der Waals surface area contributed by atoms with Crippen LogP contribution in [0.3, 0.4) is 0 Å². The fourth-order valence-corrected chi connectivity index (χ4v) is 3.76. The Morgan fingerprint density at radius 2 is 2.11 bits per heavy atom. The predicted octanol–water partition coefficient (Wildman–Crippen LogP) is 3.20. The number of nitrogens with zero attached hydrogens (tertiary/aromatic N) is 2. The Balaban J connectivity index is 2.14. The molecule has 3 nitrogen and oxygen atoms in total. The van der Waals surface area contributed by atoms with Crippen LogP contribution in [0.2, 0.25) is 5.02 Å². The average Bonchev–Trinajstić information content (AvgIpc) is 3.01. The highest BCUT2D eigenvalue weighted by molar-refractivity contribution is 6.31. The number of hydrogen-bond donors (Lipinski definition) is 1. The molecule has 1 aliphatic carbocycles. The Bertz CT molecular complexity index is 408. The average molecular weight is 284 g/mol. The Kier molecular flexibility index (Phi) is 5.28. The summed E-state index contributed by atoms with van der Waals surface area (Å²) in [6.45, 7) is 3.19. The highest BCUT2D eigenvalue weighted by Crippen LogP contribution is 2.34. The van der Waals surface area contributed by atoms with Crippen LogP contribution < -0.4 is 5.32 Å². The minimum atomic E-state index is 0.685. The van der Waals surface area contributed by atoms with Crippen molar-refractivity contribution < 1.29 is 0 Å². The molecular formula is C15H26ClN3. The number of halogens is 1. The molecule has 1 aliphatic rings. The van der Waals surface area contributed by atoms with Gasteiger partial charge < -0.3 is 5.32 Å². The molecule has 0 saturated heterocycles. The van der Waals surface area contributed by atoms with Gasteiger partial charge in [-0.15, -0.1) is 0 Å². The quantitative estimate of drug-likeness (QED) is 0.869. The molecule has 0 spiro atoms. The van der Waals surface area contributed by atoms with Crippen molar-refractivity contribution in [3.63, 3.8) is 0 Å². The molecule has 0 bridgehead atoms. The van der Waals surface area contributed by atoms with Gasteiger partial charge in [0.1, 0.15) is 0 Å². The lowest BCUT2D eigenvalue weighted by molar-refractivity contribution is 0.322. The molecule has 19 heavy (non-hydrogen) atoms. The summed E-state index contributed by atoms with van der Waals surface area (Å²) in [6.07, 6.45) is 7.50. The van der Waals surface area contributed by atoms with Crippen LogP contribution in [0, 0.1) is 11.8 Å². The molecule has 0 amide bonds. The zero-order valence-corrected chi connectivity index (χ0v) is 13.1. The maximum absolute atomic E-state index is 6.48. The van der Waals surface area contributed by atoms with Crippen molar-refractivity contribution in [1.29, 1.82) is 0 Å². The van der Waals surface area contributed by atoms with Gasteiger partial charge in [-0.3, -0.25) is 4.68 Å². The van der Waals surface area contributed by atoms with E-state index in [1.165, 1.54) is 31.4 Å². The Morgan fingerprint density at radius 1 is 1.42 bits per heavy atom. The van der Waals surface area contributed by atoms with Crippen molar-refractivity contribution >= 4 is 11.6 Å². The van der Waals surface area contributed by atoms with Gasteiger partial charge in [0, 0.05) is 7.05 Å². The fraction of sp³-hybridized carbons (Fsp3) is 0.800. The van der Waals surface area contributed by atoms with Gasteiger partial charge in [0.2, 0.25) is 0 Å². The smallest absolute Gasteiger partial charge is 0.0849 e. The first kappa shape index (κ1) is 14.9. The van der Waals surface area contributed by atoms with E-state index in [0.717, 1.165) is 36.0 Å². The number of nitrogens with one attached hydrogen (secondary N) is 1. The normalized spacial score (nSPS) is 18.1. The zero-order valence-electron chi connectivity index (χ0n) is 12.4. The van der Waals surface area contributed by atoms with Gasteiger partial charge >= 0.3 is 0 Å². The molecule has 0 radical (unpaired) electrons. The van der Waals surface area contributed by atoms with Crippen molar-refractivity contribution in [2.75, 3.05) is 13.6 Å². The van der Waals surface area contributed by atoms with E-state index in [0.29, 0.717) is 5.92 Å². The highest BCUT2D eigenvalue weighted by Gasteiger charge is 2.27. The van der Waals surface area contributed by atoms with Gasteiger partial charge in [-0.25, -0.2) is 0 Å². The molecule has 1 saturated carbocycles. The van der Waals surface area contributed by atoms with Crippen LogP contribution in [-0.4, -0.2) is 23.4 Å². The molecule has 1 atom stereocenters. The summed E-state index contributed by atoms with van der Waals surface area (Å²) >= 11 is 6.48. The fourth-order valence-electron chi connectivity index (χ4n) is 3.39. The van der Waals surface area contributed by atoms with E-state index in [4.69, 9.17) is 11.6 Å². The first-order valence-electron chi connectivity index (χ1n) is 7.52. The van der Waals surface area contributed by atoms with Crippen molar-refractivity contribution in [3.8, 4) is 0 Å². The summed E-state index contributed by atoms with van der Waals surface area (Å²) in [5.74, 6) is 1.54.